The van der Waals surface area contributed by atoms with Gasteiger partial charge in [0, 0.05) is 0 Å². The Hall–Kier alpha value is -2.08. The van der Waals surface area contributed by atoms with Crippen LogP contribution in [0.25, 0.3) is 0 Å². The number of halogens is 4. The first kappa shape index (κ1) is 26.0. The van der Waals surface area contributed by atoms with Crippen LogP contribution in [0.15, 0.2) is 36.4 Å². The van der Waals surface area contributed by atoms with Gasteiger partial charge in [0.05, 0.1) is 19.3 Å². The SMILES string of the molecule is COC(=O)c1ccc2c(c1)OC(F)(F)O2.OCc1ccc2c(c1)OC(F)(F)O2.[AlH3].[H-].[Li+]. The molecule has 0 spiro atoms. The van der Waals surface area contributed by atoms with Gasteiger partial charge in [0.15, 0.2) is 40.4 Å². The van der Waals surface area contributed by atoms with Crippen LogP contribution in [0.3, 0.4) is 0 Å². The average Bonchev–Trinajstić information content (AvgIpc) is 3.12. The summed E-state index contributed by atoms with van der Waals surface area (Å²) in [6.07, 6.45) is -7.26. The van der Waals surface area contributed by atoms with Gasteiger partial charge in [-0.2, -0.15) is 0 Å². The zero-order valence-electron chi connectivity index (χ0n) is 16.1. The van der Waals surface area contributed by atoms with E-state index in [4.69, 9.17) is 5.11 Å². The molecule has 158 valence electrons. The third-order valence-electron chi connectivity index (χ3n) is 3.47. The van der Waals surface area contributed by atoms with E-state index in [1.807, 2.05) is 0 Å². The fourth-order valence-corrected chi connectivity index (χ4v) is 2.29. The van der Waals surface area contributed by atoms with E-state index in [1.54, 1.807) is 0 Å². The average molecular weight is 442 g/mol. The molecule has 2 aliphatic rings. The topological polar surface area (TPSA) is 83.5 Å². The molecule has 0 saturated carbocycles. The van der Waals surface area contributed by atoms with Crippen molar-refractivity contribution in [1.29, 1.82) is 0 Å². The van der Waals surface area contributed by atoms with Gasteiger partial charge in [-0.1, -0.05) is 6.07 Å². The van der Waals surface area contributed by atoms with Crippen LogP contribution >= 0.6 is 0 Å². The first-order chi connectivity index (χ1) is 13.1. The number of hydrogen-bond donors (Lipinski definition) is 1. The maximum Gasteiger partial charge on any atom is 1.00 e. The number of hydrogen-bond acceptors (Lipinski definition) is 7. The van der Waals surface area contributed by atoms with E-state index in [0.717, 1.165) is 6.07 Å². The Bertz CT molecular complexity index is 920. The summed E-state index contributed by atoms with van der Waals surface area (Å²) in [5, 5.41) is 8.72. The molecule has 13 heteroatoms. The number of aliphatic hydroxyl groups excluding tert-OH is 1. The van der Waals surface area contributed by atoms with Gasteiger partial charge < -0.3 is 30.2 Å². The molecule has 4 rings (SSSR count). The zero-order valence-corrected chi connectivity index (χ0v) is 15.1. The number of esters is 1. The van der Waals surface area contributed by atoms with Gasteiger partial charge in [-0.05, 0) is 35.9 Å². The van der Waals surface area contributed by atoms with Crippen LogP contribution < -0.4 is 37.8 Å². The molecular weight excluding hydrogens is 426 g/mol. The number of aliphatic hydroxyl groups is 1. The number of carbonyl (C=O) groups excluding carboxylic acids is 1. The summed E-state index contributed by atoms with van der Waals surface area (Å²) in [7, 11) is 1.20. The molecule has 0 aliphatic carbocycles. The first-order valence-corrected chi connectivity index (χ1v) is 7.60. The smallest absolute Gasteiger partial charge is 1.00 e. The number of carbonyl (C=O) groups is 1. The Morgan fingerprint density at radius 1 is 0.933 bits per heavy atom. The fraction of sp³-hybridized carbons (Fsp3) is 0.235. The van der Waals surface area contributed by atoms with E-state index in [2.05, 4.69) is 23.7 Å². The molecule has 0 bridgehead atoms. The third-order valence-corrected chi connectivity index (χ3v) is 3.47. The Kier molecular flexibility index (Phi) is 8.49. The quantitative estimate of drug-likeness (QED) is 0.372. The number of methoxy groups -OCH3 is 1. The number of benzene rings is 2. The molecule has 0 aromatic heterocycles. The Morgan fingerprint density at radius 2 is 1.40 bits per heavy atom. The minimum absolute atomic E-state index is 0. The molecule has 0 fully saturated rings. The van der Waals surface area contributed by atoms with Crippen LogP contribution in [-0.4, -0.2) is 48.1 Å². The second kappa shape index (κ2) is 9.82. The predicted octanol–water partition coefficient (Wildman–Crippen LogP) is -0.772. The van der Waals surface area contributed by atoms with E-state index >= 15 is 0 Å². The van der Waals surface area contributed by atoms with Gasteiger partial charge in [0.25, 0.3) is 0 Å². The van der Waals surface area contributed by atoms with Crippen LogP contribution in [0.1, 0.15) is 17.3 Å². The Labute approximate surface area is 191 Å². The summed E-state index contributed by atoms with van der Waals surface area (Å²) in [6.45, 7) is -0.220. The zero-order chi connectivity index (χ0) is 20.5. The molecule has 2 heterocycles. The summed E-state index contributed by atoms with van der Waals surface area (Å²) < 4.78 is 71.2. The maximum atomic E-state index is 12.6. The molecule has 1 N–H and O–H groups in total. The monoisotopic (exact) mass is 442 g/mol. The molecule has 2 aliphatic heterocycles. The Balaban J connectivity index is 0.000000533. The second-order valence-corrected chi connectivity index (χ2v) is 5.43. The summed E-state index contributed by atoms with van der Waals surface area (Å²) in [5.41, 5.74) is 0.623. The predicted molar refractivity (Wildman–Crippen MR) is 93.6 cm³/mol. The van der Waals surface area contributed by atoms with Crippen LogP contribution in [0, 0.1) is 0 Å². The third kappa shape index (κ3) is 5.97. The van der Waals surface area contributed by atoms with Gasteiger partial charge in [-0.15, -0.1) is 17.6 Å². The van der Waals surface area contributed by atoms with Crippen molar-refractivity contribution in [3.05, 3.63) is 47.5 Å². The van der Waals surface area contributed by atoms with Gasteiger partial charge in [-0.25, -0.2) is 4.79 Å². The van der Waals surface area contributed by atoms with E-state index in [1.165, 1.54) is 37.4 Å². The normalized spacial score (nSPS) is 15.7. The molecule has 2 aromatic carbocycles. The van der Waals surface area contributed by atoms with E-state index in [-0.39, 0.29) is 72.8 Å². The van der Waals surface area contributed by atoms with E-state index < -0.39 is 18.6 Å². The maximum absolute atomic E-state index is 12.6. The van der Waals surface area contributed by atoms with Crippen LogP contribution in [0.4, 0.5) is 17.6 Å². The summed E-state index contributed by atoms with van der Waals surface area (Å²) in [6, 6.07) is 7.82. The summed E-state index contributed by atoms with van der Waals surface area (Å²) >= 11 is 0. The number of alkyl halides is 4. The number of ether oxygens (including phenoxy) is 5. The van der Waals surface area contributed by atoms with Crippen molar-refractivity contribution >= 4 is 23.3 Å². The molecule has 30 heavy (non-hydrogen) atoms. The molecule has 0 unspecified atom stereocenters. The molecule has 7 nitrogen and oxygen atoms in total. The van der Waals surface area contributed by atoms with Crippen molar-refractivity contribution in [2.75, 3.05) is 7.11 Å². The van der Waals surface area contributed by atoms with Crippen LogP contribution in [-0.2, 0) is 11.3 Å². The number of fused-ring (bicyclic) bond motifs is 2. The van der Waals surface area contributed by atoms with E-state index in [9.17, 15) is 22.4 Å². The fourth-order valence-electron chi connectivity index (χ4n) is 2.29. The van der Waals surface area contributed by atoms with Gasteiger partial charge in [-0.3, -0.25) is 0 Å². The van der Waals surface area contributed by atoms with Crippen LogP contribution in [0.5, 0.6) is 23.0 Å². The number of rotatable bonds is 2. The standard InChI is InChI=1S/C9H6F2O4.C8H6F2O3.Al.Li.4H/c1-13-8(12)5-2-3-6-7(4-5)15-9(10,11)14-6;9-8(10)12-6-2-1-5(4-11)3-7(6)13-8;;;;;;/h2-4H,1H3;1-3,11H,4H2;;;;;;/q;;;+1;;;;-1. The Morgan fingerprint density at radius 3 is 1.90 bits per heavy atom. The largest absolute Gasteiger partial charge is 1.00 e. The van der Waals surface area contributed by atoms with Crippen molar-refractivity contribution in [1.82, 2.24) is 0 Å². The molecule has 0 radical (unpaired) electrons. The minimum Gasteiger partial charge on any atom is -1.00 e. The molecule has 0 amide bonds. The second-order valence-electron chi connectivity index (χ2n) is 5.43. The summed E-state index contributed by atoms with van der Waals surface area (Å²) in [5.74, 6) is -0.967. The van der Waals surface area contributed by atoms with Gasteiger partial charge in [0.2, 0.25) is 0 Å². The molecule has 0 atom stereocenters. The molecular formula is C17H16AlF4LiO7. The van der Waals surface area contributed by atoms with Gasteiger partial charge in [0.1, 0.15) is 0 Å². The molecule has 0 saturated heterocycles. The van der Waals surface area contributed by atoms with Crippen molar-refractivity contribution in [3.8, 4) is 23.0 Å². The van der Waals surface area contributed by atoms with E-state index in [0.29, 0.717) is 5.56 Å². The van der Waals surface area contributed by atoms with Gasteiger partial charge >= 0.3 is 37.4 Å². The van der Waals surface area contributed by atoms with Crippen LogP contribution in [0.2, 0.25) is 0 Å². The van der Waals surface area contributed by atoms with Crippen molar-refractivity contribution in [2.45, 2.75) is 19.2 Å². The minimum atomic E-state index is -3.67. The summed E-state index contributed by atoms with van der Waals surface area (Å²) in [4.78, 5) is 11.1. The first-order valence-electron chi connectivity index (χ1n) is 7.60. The van der Waals surface area contributed by atoms with Crippen molar-refractivity contribution in [3.63, 3.8) is 0 Å². The van der Waals surface area contributed by atoms with Crippen molar-refractivity contribution < 1.29 is 71.4 Å². The molecule has 2 aromatic rings. The van der Waals surface area contributed by atoms with Crippen molar-refractivity contribution in [2.24, 2.45) is 0 Å².